The minimum Gasteiger partial charge on any atom is -0.317 e. The number of hydrogen-bond donors (Lipinski definition) is 1. The van der Waals surface area contributed by atoms with Crippen molar-refractivity contribution in [3.63, 3.8) is 0 Å². The number of thiazole rings is 1. The Kier molecular flexibility index (Phi) is 2.99. The molecule has 1 saturated heterocycles. The number of fused-ring (bicyclic) bond motifs is 1. The van der Waals surface area contributed by atoms with Crippen LogP contribution in [0.15, 0.2) is 0 Å². The zero-order valence-electron chi connectivity index (χ0n) is 10.9. The molecule has 0 bridgehead atoms. The Labute approximate surface area is 108 Å². The van der Waals surface area contributed by atoms with Crippen LogP contribution >= 0.6 is 11.3 Å². The van der Waals surface area contributed by atoms with Gasteiger partial charge in [-0.2, -0.15) is 0 Å². The van der Waals surface area contributed by atoms with Gasteiger partial charge in [-0.1, -0.05) is 13.8 Å². The van der Waals surface area contributed by atoms with Crippen molar-refractivity contribution in [3.8, 4) is 0 Å². The van der Waals surface area contributed by atoms with Crippen LogP contribution in [0.2, 0.25) is 0 Å². The molecule has 1 aliphatic heterocycles. The summed E-state index contributed by atoms with van der Waals surface area (Å²) >= 11 is 2.01. The van der Waals surface area contributed by atoms with Crippen molar-refractivity contribution in [2.75, 3.05) is 13.1 Å². The molecule has 1 fully saturated rings. The van der Waals surface area contributed by atoms with Gasteiger partial charge in [0.15, 0.2) is 0 Å². The SMILES string of the molecule is CC1(C)CCc2nc(C3CCNCC3)sc2C1. The zero-order valence-corrected chi connectivity index (χ0v) is 11.7. The summed E-state index contributed by atoms with van der Waals surface area (Å²) in [5.74, 6) is 0.731. The lowest BCUT2D eigenvalue weighted by atomic mass is 9.79. The van der Waals surface area contributed by atoms with Gasteiger partial charge < -0.3 is 5.32 Å². The first-order valence-corrected chi connectivity index (χ1v) is 7.65. The number of aryl methyl sites for hydroxylation is 1. The summed E-state index contributed by atoms with van der Waals surface area (Å²) in [5.41, 5.74) is 1.91. The average Bonchev–Trinajstić information content (AvgIpc) is 2.71. The highest BCUT2D eigenvalue weighted by atomic mass is 32.1. The Morgan fingerprint density at radius 3 is 2.82 bits per heavy atom. The molecule has 1 aromatic rings. The van der Waals surface area contributed by atoms with Crippen molar-refractivity contribution in [1.29, 1.82) is 0 Å². The zero-order chi connectivity index (χ0) is 11.9. The van der Waals surface area contributed by atoms with Crippen LogP contribution in [0.25, 0.3) is 0 Å². The van der Waals surface area contributed by atoms with Crippen LogP contribution in [-0.4, -0.2) is 18.1 Å². The molecule has 94 valence electrons. The summed E-state index contributed by atoms with van der Waals surface area (Å²) in [6, 6.07) is 0. The Bertz CT molecular complexity index is 402. The number of nitrogens with one attached hydrogen (secondary N) is 1. The maximum Gasteiger partial charge on any atom is 0.0962 e. The second-order valence-corrected chi connectivity index (χ2v) is 7.40. The Hall–Kier alpha value is -0.410. The van der Waals surface area contributed by atoms with Crippen molar-refractivity contribution in [2.45, 2.75) is 51.9 Å². The van der Waals surface area contributed by atoms with E-state index in [9.17, 15) is 0 Å². The van der Waals surface area contributed by atoms with Gasteiger partial charge in [-0.15, -0.1) is 11.3 Å². The molecule has 2 nitrogen and oxygen atoms in total. The third-order valence-electron chi connectivity index (χ3n) is 4.16. The Balaban J connectivity index is 1.82. The van der Waals surface area contributed by atoms with Gasteiger partial charge in [-0.05, 0) is 50.6 Å². The lowest BCUT2D eigenvalue weighted by Crippen LogP contribution is -2.26. The van der Waals surface area contributed by atoms with Crippen LogP contribution < -0.4 is 5.32 Å². The van der Waals surface area contributed by atoms with E-state index in [1.807, 2.05) is 11.3 Å². The molecule has 0 aromatic carbocycles. The second kappa shape index (κ2) is 4.36. The third-order valence-corrected chi connectivity index (χ3v) is 5.42. The van der Waals surface area contributed by atoms with E-state index in [1.54, 1.807) is 4.88 Å². The number of aromatic nitrogens is 1. The standard InChI is InChI=1S/C14H22N2S/c1-14(2)6-3-11-12(9-14)17-13(16-11)10-4-7-15-8-5-10/h10,15H,3-9H2,1-2H3. The van der Waals surface area contributed by atoms with E-state index >= 15 is 0 Å². The first-order chi connectivity index (χ1) is 8.14. The van der Waals surface area contributed by atoms with Crippen LogP contribution in [0.4, 0.5) is 0 Å². The van der Waals surface area contributed by atoms with Crippen molar-refractivity contribution in [3.05, 3.63) is 15.6 Å². The molecule has 0 saturated carbocycles. The van der Waals surface area contributed by atoms with Gasteiger partial charge in [0.05, 0.1) is 10.7 Å². The summed E-state index contributed by atoms with van der Waals surface area (Å²) in [6.07, 6.45) is 6.29. The molecule has 1 aromatic heterocycles. The fourth-order valence-electron chi connectivity index (χ4n) is 2.96. The lowest BCUT2D eigenvalue weighted by molar-refractivity contribution is 0.316. The molecule has 0 unspecified atom stereocenters. The van der Waals surface area contributed by atoms with Gasteiger partial charge in [0.2, 0.25) is 0 Å². The molecule has 0 atom stereocenters. The number of nitrogens with zero attached hydrogens (tertiary/aromatic N) is 1. The number of hydrogen-bond acceptors (Lipinski definition) is 3. The van der Waals surface area contributed by atoms with E-state index in [1.165, 1.54) is 55.9 Å². The first-order valence-electron chi connectivity index (χ1n) is 6.83. The number of rotatable bonds is 1. The van der Waals surface area contributed by atoms with Crippen molar-refractivity contribution in [1.82, 2.24) is 10.3 Å². The molecule has 0 spiro atoms. The molecule has 1 aliphatic carbocycles. The maximum absolute atomic E-state index is 4.93. The van der Waals surface area contributed by atoms with Gasteiger partial charge in [0, 0.05) is 10.8 Å². The minimum absolute atomic E-state index is 0.491. The van der Waals surface area contributed by atoms with Crippen molar-refractivity contribution < 1.29 is 0 Å². The van der Waals surface area contributed by atoms with E-state index in [0.717, 1.165) is 5.92 Å². The molecule has 3 heteroatoms. The molecule has 3 rings (SSSR count). The number of piperidine rings is 1. The van der Waals surface area contributed by atoms with Crippen LogP contribution in [0.1, 0.15) is 54.6 Å². The van der Waals surface area contributed by atoms with E-state index in [2.05, 4.69) is 19.2 Å². The summed E-state index contributed by atoms with van der Waals surface area (Å²) < 4.78 is 0. The van der Waals surface area contributed by atoms with Crippen LogP contribution in [0, 0.1) is 5.41 Å². The summed E-state index contributed by atoms with van der Waals surface area (Å²) in [7, 11) is 0. The topological polar surface area (TPSA) is 24.9 Å². The highest BCUT2D eigenvalue weighted by molar-refractivity contribution is 7.11. The van der Waals surface area contributed by atoms with Crippen LogP contribution in [0.5, 0.6) is 0 Å². The highest BCUT2D eigenvalue weighted by Crippen LogP contribution is 2.40. The fraction of sp³-hybridized carbons (Fsp3) is 0.786. The van der Waals surface area contributed by atoms with Gasteiger partial charge in [0.1, 0.15) is 0 Å². The Morgan fingerprint density at radius 2 is 2.06 bits per heavy atom. The maximum atomic E-state index is 4.93. The quantitative estimate of drug-likeness (QED) is 0.828. The minimum atomic E-state index is 0.491. The van der Waals surface area contributed by atoms with E-state index in [-0.39, 0.29) is 0 Å². The second-order valence-electron chi connectivity index (χ2n) is 6.29. The van der Waals surface area contributed by atoms with Crippen molar-refractivity contribution >= 4 is 11.3 Å². The van der Waals surface area contributed by atoms with Crippen LogP contribution in [-0.2, 0) is 12.8 Å². The third kappa shape index (κ3) is 2.41. The van der Waals surface area contributed by atoms with E-state index in [4.69, 9.17) is 4.98 Å². The lowest BCUT2D eigenvalue weighted by Gasteiger charge is -2.28. The molecule has 0 radical (unpaired) electrons. The van der Waals surface area contributed by atoms with Gasteiger partial charge in [-0.25, -0.2) is 4.98 Å². The monoisotopic (exact) mass is 250 g/mol. The van der Waals surface area contributed by atoms with E-state index in [0.29, 0.717) is 5.41 Å². The summed E-state index contributed by atoms with van der Waals surface area (Å²) in [6.45, 7) is 7.11. The average molecular weight is 250 g/mol. The smallest absolute Gasteiger partial charge is 0.0962 e. The van der Waals surface area contributed by atoms with Gasteiger partial charge in [0.25, 0.3) is 0 Å². The first kappa shape index (κ1) is 11.7. The van der Waals surface area contributed by atoms with Gasteiger partial charge >= 0.3 is 0 Å². The molecule has 1 N–H and O–H groups in total. The largest absolute Gasteiger partial charge is 0.317 e. The molecule has 17 heavy (non-hydrogen) atoms. The molecule has 0 amide bonds. The van der Waals surface area contributed by atoms with E-state index < -0.39 is 0 Å². The predicted octanol–water partition coefficient (Wildman–Crippen LogP) is 3.13. The van der Waals surface area contributed by atoms with Crippen molar-refractivity contribution in [2.24, 2.45) is 5.41 Å². The molecular formula is C14H22N2S. The summed E-state index contributed by atoms with van der Waals surface area (Å²) in [4.78, 5) is 6.51. The van der Waals surface area contributed by atoms with Crippen LogP contribution in [0.3, 0.4) is 0 Å². The predicted molar refractivity (Wildman–Crippen MR) is 72.8 cm³/mol. The molecule has 2 heterocycles. The molecular weight excluding hydrogens is 228 g/mol. The fourth-order valence-corrected chi connectivity index (χ4v) is 4.50. The summed E-state index contributed by atoms with van der Waals surface area (Å²) in [5, 5.41) is 4.86. The molecule has 2 aliphatic rings. The Morgan fingerprint density at radius 1 is 1.29 bits per heavy atom. The highest BCUT2D eigenvalue weighted by Gasteiger charge is 2.29. The normalized spacial score (nSPS) is 24.6. The van der Waals surface area contributed by atoms with Gasteiger partial charge in [-0.3, -0.25) is 0 Å².